The molecule has 0 atom stereocenters. The predicted molar refractivity (Wildman–Crippen MR) is 111 cm³/mol. The first kappa shape index (κ1) is 18.9. The van der Waals surface area contributed by atoms with E-state index >= 15 is 0 Å². The van der Waals surface area contributed by atoms with Gasteiger partial charge in [-0.15, -0.1) is 0 Å². The van der Waals surface area contributed by atoms with Gasteiger partial charge in [0.15, 0.2) is 0 Å². The molecule has 0 bridgehead atoms. The number of rotatable bonds is 6. The van der Waals surface area contributed by atoms with Gasteiger partial charge in [0.25, 0.3) is 5.91 Å². The van der Waals surface area contributed by atoms with Crippen molar-refractivity contribution in [1.82, 2.24) is 20.2 Å². The fourth-order valence-electron chi connectivity index (χ4n) is 4.11. The van der Waals surface area contributed by atoms with Crippen LogP contribution < -0.4 is 10.2 Å². The fraction of sp³-hybridized carbons (Fsp3) is 0.500. The van der Waals surface area contributed by atoms with Gasteiger partial charge in [-0.3, -0.25) is 9.69 Å². The van der Waals surface area contributed by atoms with Crippen LogP contribution in [0.15, 0.2) is 36.7 Å². The molecular formula is C22H29N5O. The molecule has 2 heterocycles. The zero-order valence-electron chi connectivity index (χ0n) is 16.4. The summed E-state index contributed by atoms with van der Waals surface area (Å²) in [5, 5.41) is 3.08. The molecule has 2 aliphatic rings. The van der Waals surface area contributed by atoms with Crippen LogP contribution in [0, 0.1) is 0 Å². The Hall–Kier alpha value is -2.47. The van der Waals surface area contributed by atoms with Gasteiger partial charge in [-0.1, -0.05) is 6.07 Å². The lowest BCUT2D eigenvalue weighted by Crippen LogP contribution is -2.47. The topological polar surface area (TPSA) is 61.4 Å². The summed E-state index contributed by atoms with van der Waals surface area (Å²) in [7, 11) is 0. The van der Waals surface area contributed by atoms with Crippen molar-refractivity contribution in [2.45, 2.75) is 32.1 Å². The Bertz CT molecular complexity index is 787. The summed E-state index contributed by atoms with van der Waals surface area (Å²) in [6, 6.07) is 8.05. The number of aromatic nitrogens is 2. The molecule has 6 heteroatoms. The van der Waals surface area contributed by atoms with Crippen LogP contribution in [0.5, 0.6) is 0 Å². The van der Waals surface area contributed by atoms with E-state index in [0.29, 0.717) is 0 Å². The number of anilines is 1. The largest absolute Gasteiger partial charge is 0.352 e. The maximum absolute atomic E-state index is 12.4. The van der Waals surface area contributed by atoms with Crippen LogP contribution in [0.25, 0.3) is 0 Å². The lowest BCUT2D eigenvalue weighted by atomic mass is 9.90. The van der Waals surface area contributed by atoms with Crippen molar-refractivity contribution in [3.05, 3.63) is 53.3 Å². The summed E-state index contributed by atoms with van der Waals surface area (Å²) in [6.45, 7) is 5.65. The monoisotopic (exact) mass is 379 g/mol. The highest BCUT2D eigenvalue weighted by atomic mass is 16.1. The van der Waals surface area contributed by atoms with Crippen LogP contribution in [-0.2, 0) is 12.8 Å². The van der Waals surface area contributed by atoms with Crippen molar-refractivity contribution in [2.24, 2.45) is 0 Å². The smallest absolute Gasteiger partial charge is 0.251 e. The molecule has 0 spiro atoms. The summed E-state index contributed by atoms with van der Waals surface area (Å²) in [5.41, 5.74) is 3.58. The minimum atomic E-state index is 0.0550. The molecular weight excluding hydrogens is 350 g/mol. The summed E-state index contributed by atoms with van der Waals surface area (Å²) < 4.78 is 0. The zero-order chi connectivity index (χ0) is 19.2. The van der Waals surface area contributed by atoms with E-state index in [0.717, 1.165) is 70.0 Å². The van der Waals surface area contributed by atoms with Crippen LogP contribution in [-0.4, -0.2) is 60.0 Å². The number of amides is 1. The number of fused-ring (bicyclic) bond motifs is 1. The van der Waals surface area contributed by atoms with Crippen LogP contribution >= 0.6 is 0 Å². The number of carbonyl (C=O) groups excluding carboxylic acids is 1. The molecule has 1 N–H and O–H groups in total. The quantitative estimate of drug-likeness (QED) is 0.781. The van der Waals surface area contributed by atoms with Crippen molar-refractivity contribution in [3.8, 4) is 0 Å². The Morgan fingerprint density at radius 1 is 1.00 bits per heavy atom. The first-order valence-corrected chi connectivity index (χ1v) is 10.4. The summed E-state index contributed by atoms with van der Waals surface area (Å²) in [6.07, 6.45) is 9.32. The molecule has 1 saturated heterocycles. The highest BCUT2D eigenvalue weighted by Gasteiger charge is 2.18. The van der Waals surface area contributed by atoms with E-state index in [4.69, 9.17) is 0 Å². The molecule has 2 aromatic rings. The molecule has 0 saturated carbocycles. The van der Waals surface area contributed by atoms with Gasteiger partial charge in [0.05, 0.1) is 0 Å². The predicted octanol–water partition coefficient (Wildman–Crippen LogP) is 2.30. The van der Waals surface area contributed by atoms with E-state index in [2.05, 4.69) is 37.2 Å². The summed E-state index contributed by atoms with van der Waals surface area (Å²) >= 11 is 0. The average molecular weight is 380 g/mol. The first-order chi connectivity index (χ1) is 13.8. The highest BCUT2D eigenvalue weighted by Crippen LogP contribution is 2.22. The minimum absolute atomic E-state index is 0.0550. The minimum Gasteiger partial charge on any atom is -0.352 e. The van der Waals surface area contributed by atoms with Crippen molar-refractivity contribution in [2.75, 3.05) is 44.2 Å². The first-order valence-electron chi connectivity index (χ1n) is 10.4. The average Bonchev–Trinajstić information content (AvgIpc) is 2.77. The van der Waals surface area contributed by atoms with Gasteiger partial charge in [-0.2, -0.15) is 0 Å². The molecule has 1 fully saturated rings. The van der Waals surface area contributed by atoms with E-state index in [1.54, 1.807) is 12.4 Å². The molecule has 0 radical (unpaired) electrons. The molecule has 28 heavy (non-hydrogen) atoms. The number of hydrogen-bond acceptors (Lipinski definition) is 5. The van der Waals surface area contributed by atoms with Gasteiger partial charge < -0.3 is 10.2 Å². The van der Waals surface area contributed by atoms with E-state index < -0.39 is 0 Å². The van der Waals surface area contributed by atoms with E-state index in [9.17, 15) is 4.79 Å². The Morgan fingerprint density at radius 2 is 1.75 bits per heavy atom. The number of carbonyl (C=O) groups is 1. The van der Waals surface area contributed by atoms with Gasteiger partial charge >= 0.3 is 0 Å². The standard InChI is InChI=1S/C22H29N5O/c28-21(20-8-7-18-5-1-2-6-19(18)17-20)23-11-4-12-26-13-15-27(16-14-26)22-24-9-3-10-25-22/h3,7-10,17H,1-2,4-6,11-16H2,(H,23,28). The molecule has 1 amide bonds. The second kappa shape index (κ2) is 9.15. The van der Waals surface area contributed by atoms with Gasteiger partial charge in [-0.05, 0) is 68.0 Å². The second-order valence-electron chi connectivity index (χ2n) is 7.68. The van der Waals surface area contributed by atoms with Crippen LogP contribution in [0.3, 0.4) is 0 Å². The van der Waals surface area contributed by atoms with Crippen molar-refractivity contribution >= 4 is 11.9 Å². The van der Waals surface area contributed by atoms with E-state index in [1.165, 1.54) is 24.0 Å². The maximum atomic E-state index is 12.4. The number of nitrogens with one attached hydrogen (secondary N) is 1. The van der Waals surface area contributed by atoms with Crippen LogP contribution in [0.1, 0.15) is 40.7 Å². The van der Waals surface area contributed by atoms with Gasteiger partial charge in [0, 0.05) is 50.7 Å². The molecule has 0 unspecified atom stereocenters. The third kappa shape index (κ3) is 4.68. The second-order valence-corrected chi connectivity index (χ2v) is 7.68. The van der Waals surface area contributed by atoms with Gasteiger partial charge in [0.1, 0.15) is 0 Å². The Balaban J connectivity index is 1.17. The van der Waals surface area contributed by atoms with Crippen molar-refractivity contribution in [3.63, 3.8) is 0 Å². The van der Waals surface area contributed by atoms with Crippen molar-refractivity contribution < 1.29 is 4.79 Å². The molecule has 1 aromatic heterocycles. The maximum Gasteiger partial charge on any atom is 0.251 e. The molecule has 1 aliphatic carbocycles. The number of hydrogen-bond donors (Lipinski definition) is 1. The highest BCUT2D eigenvalue weighted by molar-refractivity contribution is 5.94. The fourth-order valence-corrected chi connectivity index (χ4v) is 4.11. The van der Waals surface area contributed by atoms with Gasteiger partial charge in [0.2, 0.25) is 5.95 Å². The number of aryl methyl sites for hydroxylation is 2. The Kier molecular flexibility index (Phi) is 6.17. The number of nitrogens with zero attached hydrogens (tertiary/aromatic N) is 4. The normalized spacial score (nSPS) is 17.2. The third-order valence-electron chi connectivity index (χ3n) is 5.75. The lowest BCUT2D eigenvalue weighted by Gasteiger charge is -2.34. The lowest BCUT2D eigenvalue weighted by molar-refractivity contribution is 0.0951. The third-order valence-corrected chi connectivity index (χ3v) is 5.75. The SMILES string of the molecule is O=C(NCCCN1CCN(c2ncccn2)CC1)c1ccc2c(c1)CCCC2. The molecule has 148 valence electrons. The Morgan fingerprint density at radius 3 is 2.54 bits per heavy atom. The van der Waals surface area contributed by atoms with Crippen molar-refractivity contribution in [1.29, 1.82) is 0 Å². The molecule has 1 aliphatic heterocycles. The molecule has 6 nitrogen and oxygen atoms in total. The number of piperazine rings is 1. The summed E-state index contributed by atoms with van der Waals surface area (Å²) in [4.78, 5) is 25.8. The molecule has 4 rings (SSSR count). The van der Waals surface area contributed by atoms with Crippen LogP contribution in [0.4, 0.5) is 5.95 Å². The van der Waals surface area contributed by atoms with Crippen LogP contribution in [0.2, 0.25) is 0 Å². The zero-order valence-corrected chi connectivity index (χ0v) is 16.4. The van der Waals surface area contributed by atoms with E-state index in [1.807, 2.05) is 12.1 Å². The van der Waals surface area contributed by atoms with Gasteiger partial charge in [-0.25, -0.2) is 9.97 Å². The molecule has 1 aromatic carbocycles. The van der Waals surface area contributed by atoms with E-state index in [-0.39, 0.29) is 5.91 Å². The Labute approximate surface area is 167 Å². The number of benzene rings is 1. The summed E-state index contributed by atoms with van der Waals surface area (Å²) in [5.74, 6) is 0.874.